The van der Waals surface area contributed by atoms with E-state index in [4.69, 9.17) is 14.2 Å². The van der Waals surface area contributed by atoms with E-state index in [1.165, 1.54) is 6.08 Å². The minimum Gasteiger partial charge on any atom is -0.394 e. The van der Waals surface area contributed by atoms with Crippen LogP contribution in [-0.4, -0.2) is 133 Å². The number of aliphatic hydroxyl groups is 6. The number of hydrogen-bond donors (Lipinski definition) is 6. The first-order valence-electron chi connectivity index (χ1n) is 20.7. The van der Waals surface area contributed by atoms with E-state index in [1.807, 2.05) is 145 Å². The fraction of sp³-hybridized carbons (Fsp3) is 0.848. The van der Waals surface area contributed by atoms with Crippen LogP contribution in [-0.2, 0) is 19.0 Å². The standard InChI is InChI=1S/C46H87NO10/c1-21-30(29(2)38(34(52)26-48)55-44(12,13)14)25-47(43(9,10)11)32(37(42(6,7)8)40(36(54)28-50)57-46(18,19)20)24-31(33(51)22-23-41(3,4)5)39(35(53)27-49)56-45(15,16)17/h21-24,29,32,34-40,48-50,52-54H,25-28H2,1-20H3/b23-22+,30-21?,31-24-/t29?,32?,34?,35-,36+,37?,38+,39+,40+/m1/s1. The molecule has 0 aromatic rings. The lowest BCUT2D eigenvalue weighted by atomic mass is 9.69. The van der Waals surface area contributed by atoms with Gasteiger partial charge in [0.1, 0.15) is 24.4 Å². The van der Waals surface area contributed by atoms with Crippen molar-refractivity contribution < 1.29 is 49.6 Å². The molecule has 0 saturated carbocycles. The molecule has 336 valence electrons. The Morgan fingerprint density at radius 1 is 0.649 bits per heavy atom. The van der Waals surface area contributed by atoms with Crippen molar-refractivity contribution >= 4 is 5.78 Å². The third-order valence-electron chi connectivity index (χ3n) is 9.55. The van der Waals surface area contributed by atoms with Gasteiger partial charge in [0.15, 0.2) is 5.78 Å². The zero-order chi connectivity index (χ0) is 45.3. The van der Waals surface area contributed by atoms with Crippen LogP contribution in [0.5, 0.6) is 0 Å². The summed E-state index contributed by atoms with van der Waals surface area (Å²) >= 11 is 0. The first-order valence-corrected chi connectivity index (χ1v) is 20.7. The molecule has 4 unspecified atom stereocenters. The van der Waals surface area contributed by atoms with Crippen molar-refractivity contribution in [1.82, 2.24) is 4.90 Å². The number of hydrogen-bond acceptors (Lipinski definition) is 11. The van der Waals surface area contributed by atoms with Gasteiger partial charge < -0.3 is 44.8 Å². The van der Waals surface area contributed by atoms with Gasteiger partial charge in [-0.15, -0.1) is 0 Å². The van der Waals surface area contributed by atoms with E-state index in [-0.39, 0.29) is 17.5 Å². The van der Waals surface area contributed by atoms with Gasteiger partial charge in [-0.1, -0.05) is 72.3 Å². The molecule has 0 spiro atoms. The molecule has 0 aromatic carbocycles. The van der Waals surface area contributed by atoms with Crippen molar-refractivity contribution in [2.24, 2.45) is 22.7 Å². The number of aliphatic hydroxyl groups excluding tert-OH is 6. The van der Waals surface area contributed by atoms with Crippen LogP contribution in [0.3, 0.4) is 0 Å². The second-order valence-corrected chi connectivity index (χ2v) is 21.8. The molecule has 9 atom stereocenters. The number of nitrogens with zero attached hydrogens (tertiary/aromatic N) is 1. The lowest BCUT2D eigenvalue weighted by Gasteiger charge is -2.52. The average molecular weight is 814 g/mol. The number of allylic oxidation sites excluding steroid dienone is 3. The molecular weight excluding hydrogens is 727 g/mol. The third kappa shape index (κ3) is 19.6. The quantitative estimate of drug-likeness (QED) is 0.0594. The van der Waals surface area contributed by atoms with Crippen LogP contribution < -0.4 is 0 Å². The summed E-state index contributed by atoms with van der Waals surface area (Å²) in [6.07, 6.45) is 0.103. The van der Waals surface area contributed by atoms with E-state index < -0.39 is 108 Å². The van der Waals surface area contributed by atoms with Crippen molar-refractivity contribution in [3.05, 3.63) is 35.5 Å². The highest BCUT2D eigenvalue weighted by molar-refractivity contribution is 6.05. The van der Waals surface area contributed by atoms with Crippen LogP contribution >= 0.6 is 0 Å². The Balaban J connectivity index is 8.83. The molecule has 0 heterocycles. The number of ether oxygens (including phenoxy) is 3. The molecule has 0 aliphatic rings. The Hall–Kier alpha value is -1.51. The summed E-state index contributed by atoms with van der Waals surface area (Å²) in [7, 11) is 0. The lowest BCUT2D eigenvalue weighted by molar-refractivity contribution is -0.173. The second-order valence-electron chi connectivity index (χ2n) is 21.8. The van der Waals surface area contributed by atoms with Gasteiger partial charge in [-0.25, -0.2) is 0 Å². The van der Waals surface area contributed by atoms with Crippen LogP contribution in [0.25, 0.3) is 0 Å². The maximum absolute atomic E-state index is 14.7. The highest BCUT2D eigenvalue weighted by Crippen LogP contribution is 2.42. The molecule has 0 amide bonds. The first kappa shape index (κ1) is 55.5. The number of ketones is 1. The van der Waals surface area contributed by atoms with Crippen LogP contribution in [0.15, 0.2) is 35.5 Å². The zero-order valence-electron chi connectivity index (χ0n) is 39.6. The van der Waals surface area contributed by atoms with E-state index in [0.29, 0.717) is 0 Å². The van der Waals surface area contributed by atoms with Gasteiger partial charge in [0.25, 0.3) is 0 Å². The van der Waals surface area contributed by atoms with E-state index in [1.54, 1.807) is 12.2 Å². The lowest BCUT2D eigenvalue weighted by Crippen LogP contribution is -2.60. The molecule has 0 aliphatic carbocycles. The second kappa shape index (κ2) is 21.8. The predicted molar refractivity (Wildman–Crippen MR) is 231 cm³/mol. The Morgan fingerprint density at radius 3 is 1.42 bits per heavy atom. The highest BCUT2D eigenvalue weighted by atomic mass is 16.5. The van der Waals surface area contributed by atoms with Crippen LogP contribution in [0.2, 0.25) is 0 Å². The van der Waals surface area contributed by atoms with Gasteiger partial charge in [-0.05, 0) is 107 Å². The Labute approximate surface area is 347 Å². The van der Waals surface area contributed by atoms with Crippen molar-refractivity contribution in [2.45, 2.75) is 203 Å². The van der Waals surface area contributed by atoms with Crippen molar-refractivity contribution in [3.63, 3.8) is 0 Å². The molecule has 6 N–H and O–H groups in total. The summed E-state index contributed by atoms with van der Waals surface area (Å²) < 4.78 is 19.5. The predicted octanol–water partition coefficient (Wildman–Crippen LogP) is 6.41. The van der Waals surface area contributed by atoms with Gasteiger partial charge in [0, 0.05) is 35.5 Å². The van der Waals surface area contributed by atoms with Gasteiger partial charge in [0.2, 0.25) is 0 Å². The fourth-order valence-corrected chi connectivity index (χ4v) is 6.96. The van der Waals surface area contributed by atoms with Gasteiger partial charge in [-0.3, -0.25) is 9.69 Å². The molecule has 0 radical (unpaired) electrons. The zero-order valence-corrected chi connectivity index (χ0v) is 39.6. The molecule has 11 heteroatoms. The Bertz CT molecular complexity index is 1300. The van der Waals surface area contributed by atoms with E-state index in [2.05, 4.69) is 4.90 Å². The van der Waals surface area contributed by atoms with E-state index in [9.17, 15) is 35.4 Å². The average Bonchev–Trinajstić information content (AvgIpc) is 3.02. The Kier molecular flexibility index (Phi) is 21.3. The van der Waals surface area contributed by atoms with Crippen molar-refractivity contribution in [3.8, 4) is 0 Å². The summed E-state index contributed by atoms with van der Waals surface area (Å²) in [5.41, 5.74) is -2.91. The van der Waals surface area contributed by atoms with Crippen LogP contribution in [0, 0.1) is 22.7 Å². The maximum Gasteiger partial charge on any atom is 0.183 e. The molecular formula is C46H87NO10. The molecule has 0 fully saturated rings. The monoisotopic (exact) mass is 814 g/mol. The highest BCUT2D eigenvalue weighted by Gasteiger charge is 2.48. The minimum absolute atomic E-state index is 0.119. The summed E-state index contributed by atoms with van der Waals surface area (Å²) in [6, 6.07) is -0.760. The number of carbonyl (C=O) groups excluding carboxylic acids is 1. The van der Waals surface area contributed by atoms with Crippen molar-refractivity contribution in [1.29, 1.82) is 0 Å². The fourth-order valence-electron chi connectivity index (χ4n) is 6.96. The smallest absolute Gasteiger partial charge is 0.183 e. The van der Waals surface area contributed by atoms with Gasteiger partial charge in [-0.2, -0.15) is 0 Å². The summed E-state index contributed by atoms with van der Waals surface area (Å²) in [6.45, 7) is 37.3. The number of carbonyl (C=O) groups is 1. The topological polar surface area (TPSA) is 169 Å². The normalized spacial score (nSPS) is 19.6. The Morgan fingerprint density at radius 2 is 1.07 bits per heavy atom. The molecule has 0 bridgehead atoms. The third-order valence-corrected chi connectivity index (χ3v) is 9.55. The van der Waals surface area contributed by atoms with Crippen LogP contribution in [0.1, 0.15) is 138 Å². The minimum atomic E-state index is -1.47. The van der Waals surface area contributed by atoms with E-state index >= 15 is 0 Å². The molecule has 0 rings (SSSR count). The largest absolute Gasteiger partial charge is 0.394 e. The van der Waals surface area contributed by atoms with E-state index in [0.717, 1.165) is 5.57 Å². The molecule has 0 aromatic heterocycles. The van der Waals surface area contributed by atoms with Crippen LogP contribution in [0.4, 0.5) is 0 Å². The summed E-state index contributed by atoms with van der Waals surface area (Å²) in [4.78, 5) is 16.9. The number of rotatable bonds is 20. The van der Waals surface area contributed by atoms with Gasteiger partial charge in [0.05, 0.1) is 48.8 Å². The summed E-state index contributed by atoms with van der Waals surface area (Å²) in [5.74, 6) is -1.45. The van der Waals surface area contributed by atoms with Gasteiger partial charge >= 0.3 is 0 Å². The maximum atomic E-state index is 14.7. The molecule has 11 nitrogen and oxygen atoms in total. The van der Waals surface area contributed by atoms with Crippen molar-refractivity contribution in [2.75, 3.05) is 26.4 Å². The SMILES string of the molecule is CC=C(CN(C(/C=C(/C(=O)/C=C/C(C)(C)C)[C@H](OC(C)(C)C)[C@H](O)CO)C([C@@H](OC(C)(C)C)[C@@H](O)CO)C(C)(C)C)C(C)(C)C)C(C)[C@H](OC(C)(C)C)C(O)CO. The summed E-state index contributed by atoms with van der Waals surface area (Å²) in [5, 5.41) is 65.3. The molecule has 0 aliphatic heterocycles. The molecule has 0 saturated heterocycles. The molecule has 57 heavy (non-hydrogen) atoms. The first-order chi connectivity index (χ1) is 25.4.